The largest absolute Gasteiger partial charge is 0.482 e. The Morgan fingerprint density at radius 3 is 2.57 bits per heavy atom. The third kappa shape index (κ3) is 5.56. The van der Waals surface area contributed by atoms with Crippen LogP contribution in [0.2, 0.25) is 0 Å². The van der Waals surface area contributed by atoms with Crippen LogP contribution in [0.3, 0.4) is 0 Å². The normalized spacial score (nSPS) is 25.9. The summed E-state index contributed by atoms with van der Waals surface area (Å²) in [5.41, 5.74) is -0.180. The minimum absolute atomic E-state index is 0.142. The Morgan fingerprint density at radius 2 is 1.91 bits per heavy atom. The predicted octanol–water partition coefficient (Wildman–Crippen LogP) is 3.58. The van der Waals surface area contributed by atoms with Crippen LogP contribution >= 0.6 is 11.8 Å². The van der Waals surface area contributed by atoms with Crippen LogP contribution in [0.25, 0.3) is 0 Å². The fraction of sp³-hybridized carbons (Fsp3) is 0.636. The van der Waals surface area contributed by atoms with Crippen LogP contribution in [0.15, 0.2) is 23.1 Å². The number of benzene rings is 1. The number of hydrogen-bond donors (Lipinski definition) is 1. The van der Waals surface area contributed by atoms with Gasteiger partial charge in [0.25, 0.3) is 0 Å². The quantitative estimate of drug-likeness (QED) is 0.598. The van der Waals surface area contributed by atoms with Crippen LogP contribution < -0.4 is 10.1 Å². The van der Waals surface area contributed by atoms with Gasteiger partial charge in [-0.25, -0.2) is 8.42 Å². The van der Waals surface area contributed by atoms with E-state index in [0.717, 1.165) is 37.8 Å². The lowest BCUT2D eigenvalue weighted by Gasteiger charge is -2.30. The molecule has 2 atom stereocenters. The van der Waals surface area contributed by atoms with Crippen molar-refractivity contribution in [1.82, 2.24) is 9.21 Å². The van der Waals surface area contributed by atoms with Crippen molar-refractivity contribution >= 4 is 39.3 Å². The third-order valence-electron chi connectivity index (χ3n) is 6.55. The second kappa shape index (κ2) is 9.81. The summed E-state index contributed by atoms with van der Waals surface area (Å²) in [7, 11) is -3.92. The number of carbonyl (C=O) groups excluding carboxylic acids is 2. The number of alkyl halides is 3. The van der Waals surface area contributed by atoms with E-state index in [0.29, 0.717) is 31.7 Å². The number of anilines is 1. The first-order valence-corrected chi connectivity index (χ1v) is 13.9. The van der Waals surface area contributed by atoms with Crippen molar-refractivity contribution < 1.29 is 35.9 Å². The zero-order valence-corrected chi connectivity index (χ0v) is 20.9. The highest BCUT2D eigenvalue weighted by Gasteiger charge is 2.53. The van der Waals surface area contributed by atoms with Gasteiger partial charge in [0, 0.05) is 25.3 Å². The van der Waals surface area contributed by atoms with E-state index in [4.69, 9.17) is 4.74 Å². The van der Waals surface area contributed by atoms with Crippen molar-refractivity contribution in [3.8, 4) is 5.75 Å². The Balaban J connectivity index is 1.62. The number of halogens is 3. The van der Waals surface area contributed by atoms with Crippen LogP contribution in [-0.2, 0) is 19.6 Å². The molecule has 1 aromatic rings. The lowest BCUT2D eigenvalue weighted by Crippen LogP contribution is -2.48. The van der Waals surface area contributed by atoms with Crippen molar-refractivity contribution in [2.75, 3.05) is 30.8 Å². The van der Waals surface area contributed by atoms with Gasteiger partial charge in [-0.3, -0.25) is 9.59 Å². The van der Waals surface area contributed by atoms with E-state index in [1.807, 2.05) is 6.92 Å². The molecule has 0 saturated carbocycles. The Kier molecular flexibility index (Phi) is 7.31. The summed E-state index contributed by atoms with van der Waals surface area (Å²) in [6.45, 7) is 0.981. The molecule has 0 aromatic heterocycles. The molecular weight excluding hydrogens is 507 g/mol. The molecule has 2 amide bonds. The molecule has 4 rings (SSSR count). The van der Waals surface area contributed by atoms with Gasteiger partial charge >= 0.3 is 6.18 Å². The summed E-state index contributed by atoms with van der Waals surface area (Å²) in [4.78, 5) is 26.4. The topological polar surface area (TPSA) is 96.0 Å². The highest BCUT2D eigenvalue weighted by atomic mass is 32.2. The van der Waals surface area contributed by atoms with Gasteiger partial charge in [0.15, 0.2) is 6.61 Å². The van der Waals surface area contributed by atoms with Crippen molar-refractivity contribution in [2.45, 2.75) is 67.4 Å². The lowest BCUT2D eigenvalue weighted by molar-refractivity contribution is -0.153. The number of amides is 2. The number of nitrogens with zero attached hydrogens (tertiary/aromatic N) is 2. The molecule has 0 bridgehead atoms. The molecular formula is C22H28F3N3O5S2. The second-order valence-corrected chi connectivity index (χ2v) is 12.6. The molecule has 0 radical (unpaired) electrons. The summed E-state index contributed by atoms with van der Waals surface area (Å²) >= 11 is 1.47. The molecule has 3 fully saturated rings. The molecule has 13 heteroatoms. The van der Waals surface area contributed by atoms with E-state index in [9.17, 15) is 31.2 Å². The van der Waals surface area contributed by atoms with Gasteiger partial charge < -0.3 is 15.0 Å². The highest BCUT2D eigenvalue weighted by molar-refractivity contribution is 8.01. The summed E-state index contributed by atoms with van der Waals surface area (Å²) < 4.78 is 71.1. The number of rotatable bonds is 6. The third-order valence-corrected chi connectivity index (χ3v) is 9.95. The second-order valence-electron chi connectivity index (χ2n) is 9.13. The standard InChI is InChI=1S/C22H28F3N3O5S2/c1-21-9-8-19(29)28(21)17(13-34-21)20(30)26-16-12-15(6-7-18(16)33-14-22(23,24)25)35(31,32)27-10-4-2-3-5-11-27/h6-7,12,17H,2-5,8-11,13-14H2,1H3,(H,26,30)/t17-,21-/m0/s1. The summed E-state index contributed by atoms with van der Waals surface area (Å²) in [5, 5.41) is 2.55. The Hall–Kier alpha value is -1.99. The smallest absolute Gasteiger partial charge is 0.422 e. The molecule has 194 valence electrons. The van der Waals surface area contributed by atoms with Crippen molar-refractivity contribution in [3.05, 3.63) is 18.2 Å². The molecule has 3 saturated heterocycles. The van der Waals surface area contributed by atoms with Crippen LogP contribution in [-0.4, -0.2) is 72.0 Å². The average molecular weight is 536 g/mol. The van der Waals surface area contributed by atoms with Gasteiger partial charge in [-0.1, -0.05) is 12.8 Å². The molecule has 3 aliphatic rings. The minimum Gasteiger partial charge on any atom is -0.482 e. The maximum absolute atomic E-state index is 13.2. The first-order valence-electron chi connectivity index (χ1n) is 11.5. The van der Waals surface area contributed by atoms with Crippen molar-refractivity contribution in [3.63, 3.8) is 0 Å². The zero-order chi connectivity index (χ0) is 25.4. The molecule has 0 unspecified atom stereocenters. The molecule has 3 heterocycles. The molecule has 1 N–H and O–H groups in total. The molecule has 8 nitrogen and oxygen atoms in total. The predicted molar refractivity (Wildman–Crippen MR) is 125 cm³/mol. The van der Waals surface area contributed by atoms with Gasteiger partial charge in [0.1, 0.15) is 11.8 Å². The van der Waals surface area contributed by atoms with Gasteiger partial charge in [-0.2, -0.15) is 17.5 Å². The average Bonchev–Trinajstić information content (AvgIpc) is 3.12. The van der Waals surface area contributed by atoms with E-state index in [1.54, 1.807) is 0 Å². The summed E-state index contributed by atoms with van der Waals surface area (Å²) in [6, 6.07) is 2.63. The molecule has 3 aliphatic heterocycles. The van der Waals surface area contributed by atoms with Gasteiger partial charge in [0.2, 0.25) is 21.8 Å². The van der Waals surface area contributed by atoms with Crippen LogP contribution in [0.5, 0.6) is 5.75 Å². The van der Waals surface area contributed by atoms with Crippen LogP contribution in [0.4, 0.5) is 18.9 Å². The van der Waals surface area contributed by atoms with Crippen LogP contribution in [0, 0.1) is 0 Å². The summed E-state index contributed by atoms with van der Waals surface area (Å²) in [6.07, 6.45) is -0.421. The number of nitrogens with one attached hydrogen (secondary N) is 1. The zero-order valence-electron chi connectivity index (χ0n) is 19.3. The Labute approximate surface area is 206 Å². The Bertz CT molecular complexity index is 1090. The Morgan fingerprint density at radius 1 is 1.23 bits per heavy atom. The number of carbonyl (C=O) groups is 2. The number of sulfonamides is 1. The molecule has 35 heavy (non-hydrogen) atoms. The molecule has 1 aromatic carbocycles. The maximum Gasteiger partial charge on any atom is 0.422 e. The van der Waals surface area contributed by atoms with Crippen molar-refractivity contribution in [2.24, 2.45) is 0 Å². The molecule has 0 aliphatic carbocycles. The van der Waals surface area contributed by atoms with Crippen LogP contribution in [0.1, 0.15) is 45.4 Å². The van der Waals surface area contributed by atoms with E-state index in [-0.39, 0.29) is 22.2 Å². The number of hydrogen-bond acceptors (Lipinski definition) is 6. The minimum atomic E-state index is -4.62. The van der Waals surface area contributed by atoms with E-state index in [2.05, 4.69) is 5.32 Å². The number of fused-ring (bicyclic) bond motifs is 1. The fourth-order valence-electron chi connectivity index (χ4n) is 4.71. The van der Waals surface area contributed by atoms with Gasteiger partial charge in [0.05, 0.1) is 15.5 Å². The first kappa shape index (κ1) is 26.1. The highest BCUT2D eigenvalue weighted by Crippen LogP contribution is 2.47. The lowest BCUT2D eigenvalue weighted by atomic mass is 10.2. The van der Waals surface area contributed by atoms with Gasteiger partial charge in [-0.05, 0) is 44.4 Å². The van der Waals surface area contributed by atoms with E-state index in [1.165, 1.54) is 27.0 Å². The van der Waals surface area contributed by atoms with E-state index < -0.39 is 39.6 Å². The number of ether oxygens (including phenoxy) is 1. The maximum atomic E-state index is 13.2. The van der Waals surface area contributed by atoms with Gasteiger partial charge in [-0.15, -0.1) is 11.8 Å². The van der Waals surface area contributed by atoms with E-state index >= 15 is 0 Å². The summed E-state index contributed by atoms with van der Waals surface area (Å²) in [5.74, 6) is -0.730. The monoisotopic (exact) mass is 535 g/mol. The molecule has 0 spiro atoms. The fourth-order valence-corrected chi connectivity index (χ4v) is 7.69. The number of thioether (sulfide) groups is 1. The van der Waals surface area contributed by atoms with Crippen molar-refractivity contribution in [1.29, 1.82) is 0 Å². The SMILES string of the molecule is C[C@]12CCC(=O)N1[C@H](C(=O)Nc1cc(S(=O)(=O)N3CCCCCC3)ccc1OCC(F)(F)F)CS2. The first-order chi connectivity index (χ1) is 16.4.